The molecule has 36 heavy (non-hydrogen) atoms. The van der Waals surface area contributed by atoms with Gasteiger partial charge in [0.05, 0.1) is 10.3 Å². The van der Waals surface area contributed by atoms with E-state index in [1.165, 1.54) is 24.3 Å². The molecule has 0 saturated heterocycles. The van der Waals surface area contributed by atoms with Crippen molar-refractivity contribution in [3.05, 3.63) is 70.9 Å². The molecule has 1 fully saturated rings. The number of hydroxylamine groups is 1. The highest BCUT2D eigenvalue weighted by Gasteiger charge is 2.52. The summed E-state index contributed by atoms with van der Waals surface area (Å²) in [6.07, 6.45) is -2.64. The zero-order chi connectivity index (χ0) is 25.5. The Kier molecular flexibility index (Phi) is 4.68. The van der Waals surface area contributed by atoms with E-state index in [1.54, 1.807) is 24.3 Å². The average Bonchev–Trinajstić information content (AvgIpc) is 3.51. The highest BCUT2D eigenvalue weighted by atomic mass is 32.2. The maximum absolute atomic E-state index is 13.4. The summed E-state index contributed by atoms with van der Waals surface area (Å²) < 4.78 is 60.0. The lowest BCUT2D eigenvalue weighted by molar-refractivity contribution is -0.286. The van der Waals surface area contributed by atoms with Gasteiger partial charge in [0.1, 0.15) is 5.88 Å². The van der Waals surface area contributed by atoms with Crippen LogP contribution in [0.4, 0.5) is 20.2 Å². The van der Waals surface area contributed by atoms with E-state index in [0.717, 1.165) is 11.1 Å². The van der Waals surface area contributed by atoms with E-state index in [2.05, 4.69) is 14.8 Å². The zero-order valence-electron chi connectivity index (χ0n) is 18.9. The molecule has 0 radical (unpaired) electrons. The lowest BCUT2D eigenvalue weighted by Crippen LogP contribution is -2.28. The van der Waals surface area contributed by atoms with Crippen molar-refractivity contribution < 1.29 is 31.5 Å². The van der Waals surface area contributed by atoms with Crippen molar-refractivity contribution >= 4 is 27.1 Å². The molecule has 186 valence electrons. The summed E-state index contributed by atoms with van der Waals surface area (Å²) in [5, 5.41) is 15.5. The van der Waals surface area contributed by atoms with E-state index in [9.17, 15) is 27.2 Å². The fourth-order valence-corrected chi connectivity index (χ4v) is 6.06. The predicted octanol–water partition coefficient (Wildman–Crippen LogP) is 4.70. The lowest BCUT2D eigenvalue weighted by Gasteiger charge is -2.23. The Bertz CT molecular complexity index is 1550. The van der Waals surface area contributed by atoms with Gasteiger partial charge in [-0.1, -0.05) is 18.2 Å². The molecule has 0 bridgehead atoms. The summed E-state index contributed by atoms with van der Waals surface area (Å²) in [5.41, 5.74) is 2.51. The van der Waals surface area contributed by atoms with E-state index in [1.807, 2.05) is 13.0 Å². The molecule has 0 aromatic heterocycles. The van der Waals surface area contributed by atoms with Crippen LogP contribution in [0.1, 0.15) is 24.0 Å². The van der Waals surface area contributed by atoms with Crippen LogP contribution < -0.4 is 19.9 Å². The van der Waals surface area contributed by atoms with Gasteiger partial charge >= 0.3 is 6.29 Å². The molecule has 11 heteroatoms. The molecule has 2 aliphatic heterocycles. The van der Waals surface area contributed by atoms with Crippen molar-refractivity contribution in [3.63, 3.8) is 0 Å². The number of carbonyl (C=O) groups excluding carboxylic acids is 1. The third-order valence-corrected chi connectivity index (χ3v) is 8.38. The summed E-state index contributed by atoms with van der Waals surface area (Å²) >= 11 is 0. The SMILES string of the molecule is Cc1ccc(NC(=O)C2(c3ccc4c(c3)OC(F)(F)O4)CC2)cc1-c1ccc2c(c1)N([O-])CS2(=O)=O. The molecule has 1 N–H and O–H groups in total. The van der Waals surface area contributed by atoms with Crippen LogP contribution in [-0.4, -0.2) is 26.5 Å². The van der Waals surface area contributed by atoms with Gasteiger partial charge in [0.25, 0.3) is 0 Å². The number of hydrogen-bond acceptors (Lipinski definition) is 7. The number of halogens is 2. The number of alkyl halides is 2. The standard InChI is InChI=1S/C25H19F2N2O6S/c1-14-2-5-17(12-18(14)15-3-7-22-19(10-15)29(31)13-36(22,32)33)28-23(30)24(8-9-24)16-4-6-20-21(11-16)35-25(26,27)34-20/h2-7,10-12H,8-9,13H2,1H3,(H,28,30)/q-1. The second-order valence-corrected chi connectivity index (χ2v) is 11.1. The molecule has 0 atom stereocenters. The Balaban J connectivity index is 1.28. The first-order chi connectivity index (χ1) is 17.0. The monoisotopic (exact) mass is 513 g/mol. The number of ether oxygens (including phenoxy) is 2. The first-order valence-electron chi connectivity index (χ1n) is 11.1. The minimum Gasteiger partial charge on any atom is -0.758 e. The molecule has 0 unspecified atom stereocenters. The Labute approximate surface area is 204 Å². The number of fused-ring (bicyclic) bond motifs is 2. The number of sulfone groups is 1. The van der Waals surface area contributed by atoms with E-state index >= 15 is 0 Å². The number of benzene rings is 3. The van der Waals surface area contributed by atoms with Gasteiger partial charge in [-0.15, -0.1) is 8.78 Å². The maximum atomic E-state index is 13.4. The van der Waals surface area contributed by atoms with Gasteiger partial charge in [0, 0.05) is 11.4 Å². The molecule has 0 spiro atoms. The Morgan fingerprint density at radius 3 is 2.53 bits per heavy atom. The molecule has 1 amide bonds. The second-order valence-electron chi connectivity index (χ2n) is 9.20. The number of amides is 1. The number of nitrogens with zero attached hydrogens (tertiary/aromatic N) is 1. The smallest absolute Gasteiger partial charge is 0.586 e. The molecule has 2 heterocycles. The highest BCUT2D eigenvalue weighted by Crippen LogP contribution is 2.52. The number of rotatable bonds is 4. The normalized spacial score (nSPS) is 19.6. The van der Waals surface area contributed by atoms with Crippen molar-refractivity contribution in [1.82, 2.24) is 0 Å². The summed E-state index contributed by atoms with van der Waals surface area (Å²) in [6, 6.07) is 14.3. The largest absolute Gasteiger partial charge is 0.758 e. The first-order valence-corrected chi connectivity index (χ1v) is 12.8. The Morgan fingerprint density at radius 1 is 1.03 bits per heavy atom. The minimum atomic E-state index is -3.73. The highest BCUT2D eigenvalue weighted by molar-refractivity contribution is 7.92. The molecular formula is C25H19F2N2O6S-. The Hall–Kier alpha value is -3.70. The number of nitrogens with one attached hydrogen (secondary N) is 1. The first kappa shape index (κ1) is 22.7. The summed E-state index contributed by atoms with van der Waals surface area (Å²) in [5.74, 6) is -1.09. The lowest BCUT2D eigenvalue weighted by atomic mass is 9.94. The van der Waals surface area contributed by atoms with Gasteiger partial charge < -0.3 is 25.1 Å². The number of carbonyl (C=O) groups is 1. The van der Waals surface area contributed by atoms with E-state index in [0.29, 0.717) is 34.7 Å². The summed E-state index contributed by atoms with van der Waals surface area (Å²) in [6.45, 7) is 1.87. The predicted molar refractivity (Wildman–Crippen MR) is 127 cm³/mol. The number of anilines is 2. The van der Waals surface area contributed by atoms with Crippen LogP contribution in [-0.2, 0) is 20.0 Å². The van der Waals surface area contributed by atoms with Gasteiger partial charge in [-0.25, -0.2) is 8.42 Å². The molecule has 6 rings (SSSR count). The molecule has 1 saturated carbocycles. The number of aryl methyl sites for hydroxylation is 1. The number of hydrogen-bond donors (Lipinski definition) is 1. The van der Waals surface area contributed by atoms with Crippen LogP contribution >= 0.6 is 0 Å². The molecule has 3 aromatic carbocycles. The fourth-order valence-electron chi connectivity index (χ4n) is 4.72. The van der Waals surface area contributed by atoms with Crippen LogP contribution in [0.2, 0.25) is 0 Å². The van der Waals surface area contributed by atoms with Crippen LogP contribution in [0.25, 0.3) is 11.1 Å². The molecule has 1 aliphatic carbocycles. The van der Waals surface area contributed by atoms with Crippen molar-refractivity contribution in [2.75, 3.05) is 16.3 Å². The Morgan fingerprint density at radius 2 is 1.78 bits per heavy atom. The van der Waals surface area contributed by atoms with Crippen molar-refractivity contribution in [2.24, 2.45) is 0 Å². The minimum absolute atomic E-state index is 0.000485. The molecule has 8 nitrogen and oxygen atoms in total. The third-order valence-electron chi connectivity index (χ3n) is 6.79. The molecular weight excluding hydrogens is 494 g/mol. The summed E-state index contributed by atoms with van der Waals surface area (Å²) in [7, 11) is -3.64. The van der Waals surface area contributed by atoms with Gasteiger partial charge in [-0.2, -0.15) is 0 Å². The topological polar surface area (TPSA) is 108 Å². The van der Waals surface area contributed by atoms with E-state index < -0.39 is 27.4 Å². The van der Waals surface area contributed by atoms with Crippen molar-refractivity contribution in [2.45, 2.75) is 36.4 Å². The van der Waals surface area contributed by atoms with Gasteiger partial charge in [0.15, 0.2) is 21.3 Å². The summed E-state index contributed by atoms with van der Waals surface area (Å²) in [4.78, 5) is 13.3. The molecule has 3 aromatic rings. The van der Waals surface area contributed by atoms with E-state index in [4.69, 9.17) is 0 Å². The average molecular weight is 513 g/mol. The van der Waals surface area contributed by atoms with Gasteiger partial charge in [0.2, 0.25) is 5.91 Å². The van der Waals surface area contributed by atoms with Crippen LogP contribution in [0.3, 0.4) is 0 Å². The van der Waals surface area contributed by atoms with E-state index in [-0.39, 0.29) is 28.0 Å². The van der Waals surface area contributed by atoms with Gasteiger partial charge in [-0.05, 0) is 78.4 Å². The fraction of sp³-hybridized carbons (Fsp3) is 0.240. The van der Waals surface area contributed by atoms with Crippen LogP contribution in [0.15, 0.2) is 59.5 Å². The van der Waals surface area contributed by atoms with Crippen LogP contribution in [0.5, 0.6) is 11.5 Å². The van der Waals surface area contributed by atoms with Gasteiger partial charge in [-0.3, -0.25) is 4.79 Å². The quantitative estimate of drug-likeness (QED) is 0.539. The zero-order valence-corrected chi connectivity index (χ0v) is 19.7. The second kappa shape index (κ2) is 7.40. The van der Waals surface area contributed by atoms with Crippen LogP contribution in [0, 0.1) is 12.1 Å². The van der Waals surface area contributed by atoms with Crippen molar-refractivity contribution in [1.29, 1.82) is 0 Å². The van der Waals surface area contributed by atoms with Crippen molar-refractivity contribution in [3.8, 4) is 22.6 Å². The maximum Gasteiger partial charge on any atom is 0.586 e. The molecule has 3 aliphatic rings. The third kappa shape index (κ3) is 3.58.